The van der Waals surface area contributed by atoms with Gasteiger partial charge in [-0.3, -0.25) is 9.89 Å². The van der Waals surface area contributed by atoms with E-state index in [2.05, 4.69) is 20.7 Å². The third-order valence-electron chi connectivity index (χ3n) is 4.11. The van der Waals surface area contributed by atoms with Crippen molar-refractivity contribution in [1.29, 1.82) is 0 Å². The predicted octanol–water partition coefficient (Wildman–Crippen LogP) is 3.71. The van der Waals surface area contributed by atoms with Crippen molar-refractivity contribution >= 4 is 16.8 Å². The number of nitrogens with zero attached hydrogens (tertiary/aromatic N) is 2. The Bertz CT molecular complexity index is 1020. The molecule has 2 aromatic heterocycles. The number of nitrogens with one attached hydrogen (secondary N) is 2. The maximum Gasteiger partial charge on any atom is 0.273 e. The average molecular weight is 332 g/mol. The highest BCUT2D eigenvalue weighted by atomic mass is 16.5. The van der Waals surface area contributed by atoms with Gasteiger partial charge in [0.1, 0.15) is 0 Å². The molecule has 2 N–H and O–H groups in total. The Morgan fingerprint density at radius 1 is 1.16 bits per heavy atom. The molecule has 0 unspecified atom stereocenters. The van der Waals surface area contributed by atoms with Crippen LogP contribution < -0.4 is 5.32 Å². The first kappa shape index (κ1) is 15.1. The van der Waals surface area contributed by atoms with Crippen LogP contribution in [0, 0.1) is 0 Å². The molecule has 124 valence electrons. The molecular formula is C19H16N4O2. The molecule has 0 saturated heterocycles. The number of hydrogen-bond acceptors (Lipinski definition) is 4. The second kappa shape index (κ2) is 6.24. The van der Waals surface area contributed by atoms with Crippen molar-refractivity contribution in [3.8, 4) is 11.3 Å². The van der Waals surface area contributed by atoms with Gasteiger partial charge in [-0.15, -0.1) is 0 Å². The number of fused-ring (bicyclic) bond motifs is 1. The fourth-order valence-corrected chi connectivity index (χ4v) is 2.71. The molecule has 6 nitrogen and oxygen atoms in total. The zero-order valence-electron chi connectivity index (χ0n) is 13.6. The lowest BCUT2D eigenvalue weighted by molar-refractivity contribution is 0.0931. The molecule has 4 aromatic rings. The van der Waals surface area contributed by atoms with Crippen molar-refractivity contribution in [2.75, 3.05) is 0 Å². The number of H-pyrrole nitrogens is 1. The summed E-state index contributed by atoms with van der Waals surface area (Å²) < 4.78 is 5.34. The summed E-state index contributed by atoms with van der Waals surface area (Å²) in [6.07, 6.45) is 1.74. The van der Waals surface area contributed by atoms with E-state index in [0.29, 0.717) is 5.76 Å². The molecule has 0 aliphatic rings. The Morgan fingerprint density at radius 3 is 2.84 bits per heavy atom. The molecule has 2 aromatic carbocycles. The lowest BCUT2D eigenvalue weighted by atomic mass is 10.1. The summed E-state index contributed by atoms with van der Waals surface area (Å²) in [5.74, 6) is 0.274. The molecule has 1 amide bonds. The first-order valence-electron chi connectivity index (χ1n) is 7.97. The molecular weight excluding hydrogens is 316 g/mol. The van der Waals surface area contributed by atoms with Crippen LogP contribution in [-0.2, 0) is 0 Å². The second-order valence-electron chi connectivity index (χ2n) is 5.85. The summed E-state index contributed by atoms with van der Waals surface area (Å²) in [5.41, 5.74) is 3.07. The Hall–Kier alpha value is -3.41. The summed E-state index contributed by atoms with van der Waals surface area (Å²) in [5, 5.41) is 14.7. The van der Waals surface area contributed by atoms with Gasteiger partial charge in [-0.25, -0.2) is 0 Å². The lowest BCUT2D eigenvalue weighted by Crippen LogP contribution is -2.26. The summed E-state index contributed by atoms with van der Waals surface area (Å²) in [6, 6.07) is 17.1. The van der Waals surface area contributed by atoms with Crippen molar-refractivity contribution in [3.05, 3.63) is 72.1 Å². The third-order valence-corrected chi connectivity index (χ3v) is 4.11. The van der Waals surface area contributed by atoms with Gasteiger partial charge in [-0.2, -0.15) is 5.10 Å². The van der Waals surface area contributed by atoms with Gasteiger partial charge in [0, 0.05) is 17.0 Å². The normalized spacial score (nSPS) is 12.2. The van der Waals surface area contributed by atoms with E-state index in [9.17, 15) is 4.79 Å². The summed E-state index contributed by atoms with van der Waals surface area (Å²) >= 11 is 0. The largest absolute Gasteiger partial charge is 0.355 e. The van der Waals surface area contributed by atoms with Crippen molar-refractivity contribution < 1.29 is 9.32 Å². The Labute approximate surface area is 143 Å². The molecule has 0 aliphatic carbocycles. The van der Waals surface area contributed by atoms with Gasteiger partial charge in [0.05, 0.1) is 17.8 Å². The average Bonchev–Trinajstić information content (AvgIpc) is 3.31. The van der Waals surface area contributed by atoms with Crippen LogP contribution in [0.15, 0.2) is 65.3 Å². The zero-order valence-corrected chi connectivity index (χ0v) is 13.6. The van der Waals surface area contributed by atoms with Crippen LogP contribution in [-0.4, -0.2) is 21.3 Å². The molecule has 4 rings (SSSR count). The van der Waals surface area contributed by atoms with Gasteiger partial charge >= 0.3 is 0 Å². The number of carbonyl (C=O) groups excluding carboxylic acids is 1. The van der Waals surface area contributed by atoms with Gasteiger partial charge in [0.2, 0.25) is 0 Å². The smallest absolute Gasteiger partial charge is 0.273 e. The first-order valence-corrected chi connectivity index (χ1v) is 7.97. The van der Waals surface area contributed by atoms with Crippen molar-refractivity contribution in [1.82, 2.24) is 20.7 Å². The van der Waals surface area contributed by atoms with Crippen LogP contribution in [0.2, 0.25) is 0 Å². The van der Waals surface area contributed by atoms with E-state index in [1.165, 1.54) is 0 Å². The molecule has 0 fully saturated rings. The topological polar surface area (TPSA) is 83.8 Å². The second-order valence-corrected chi connectivity index (χ2v) is 5.85. The van der Waals surface area contributed by atoms with E-state index in [1.54, 1.807) is 12.3 Å². The van der Waals surface area contributed by atoms with Crippen LogP contribution in [0.5, 0.6) is 0 Å². The molecule has 1 atom stereocenters. The zero-order chi connectivity index (χ0) is 17.2. The fraction of sp³-hybridized carbons (Fsp3) is 0.105. The number of hydrogen-bond donors (Lipinski definition) is 2. The van der Waals surface area contributed by atoms with E-state index >= 15 is 0 Å². The Kier molecular flexibility index (Phi) is 3.78. The van der Waals surface area contributed by atoms with Gasteiger partial charge in [-0.05, 0) is 30.7 Å². The Balaban J connectivity index is 1.53. The highest BCUT2D eigenvalue weighted by Crippen LogP contribution is 2.24. The number of benzene rings is 2. The van der Waals surface area contributed by atoms with E-state index in [1.807, 2.05) is 55.5 Å². The summed E-state index contributed by atoms with van der Waals surface area (Å²) in [4.78, 5) is 12.4. The molecule has 0 spiro atoms. The SMILES string of the molecule is C[C@@H](NC(=O)c1cc(-c2ccc3[nH]ncc3c2)on1)c1ccccc1. The van der Waals surface area contributed by atoms with Crippen molar-refractivity contribution in [3.63, 3.8) is 0 Å². The molecule has 25 heavy (non-hydrogen) atoms. The molecule has 0 saturated carbocycles. The maximum atomic E-state index is 12.4. The van der Waals surface area contributed by atoms with E-state index in [4.69, 9.17) is 4.52 Å². The minimum atomic E-state index is -0.268. The summed E-state index contributed by atoms with van der Waals surface area (Å²) in [7, 11) is 0. The minimum absolute atomic E-state index is 0.115. The van der Waals surface area contributed by atoms with Crippen molar-refractivity contribution in [2.24, 2.45) is 0 Å². The minimum Gasteiger partial charge on any atom is -0.355 e. The van der Waals surface area contributed by atoms with E-state index < -0.39 is 0 Å². The lowest BCUT2D eigenvalue weighted by Gasteiger charge is -2.12. The highest BCUT2D eigenvalue weighted by Gasteiger charge is 2.16. The number of amides is 1. The molecule has 0 bridgehead atoms. The molecule has 0 aliphatic heterocycles. The van der Waals surface area contributed by atoms with Crippen molar-refractivity contribution in [2.45, 2.75) is 13.0 Å². The van der Waals surface area contributed by atoms with Crippen LogP contribution in [0.4, 0.5) is 0 Å². The van der Waals surface area contributed by atoms with E-state index in [-0.39, 0.29) is 17.6 Å². The first-order chi connectivity index (χ1) is 12.2. The standard InChI is InChI=1S/C19H16N4O2/c1-12(13-5-3-2-4-6-13)21-19(24)17-10-18(25-23-17)14-7-8-16-15(9-14)11-20-22-16/h2-12H,1H3,(H,20,22)(H,21,24)/t12-/m1/s1. The molecule has 0 radical (unpaired) electrons. The Morgan fingerprint density at radius 2 is 2.00 bits per heavy atom. The van der Waals surface area contributed by atoms with Gasteiger partial charge in [0.15, 0.2) is 11.5 Å². The van der Waals surface area contributed by atoms with Gasteiger partial charge in [0.25, 0.3) is 5.91 Å². The predicted molar refractivity (Wildman–Crippen MR) is 93.9 cm³/mol. The van der Waals surface area contributed by atoms with Crippen LogP contribution in [0.1, 0.15) is 29.0 Å². The molecule has 2 heterocycles. The van der Waals surface area contributed by atoms with E-state index in [0.717, 1.165) is 22.0 Å². The maximum absolute atomic E-state index is 12.4. The monoisotopic (exact) mass is 332 g/mol. The highest BCUT2D eigenvalue weighted by molar-refractivity contribution is 5.93. The number of aromatic nitrogens is 3. The van der Waals surface area contributed by atoms with Crippen LogP contribution in [0.25, 0.3) is 22.2 Å². The van der Waals surface area contributed by atoms with Gasteiger partial charge in [-0.1, -0.05) is 35.5 Å². The number of carbonyl (C=O) groups is 1. The number of aromatic amines is 1. The number of rotatable bonds is 4. The third kappa shape index (κ3) is 3.01. The van der Waals surface area contributed by atoms with Crippen LogP contribution in [0.3, 0.4) is 0 Å². The van der Waals surface area contributed by atoms with Gasteiger partial charge < -0.3 is 9.84 Å². The fourth-order valence-electron chi connectivity index (χ4n) is 2.71. The summed E-state index contributed by atoms with van der Waals surface area (Å²) in [6.45, 7) is 1.93. The van der Waals surface area contributed by atoms with Crippen LogP contribution >= 0.6 is 0 Å². The quantitative estimate of drug-likeness (QED) is 0.597. The molecule has 6 heteroatoms.